The molecule has 8 nitrogen and oxygen atoms in total. The van der Waals surface area contributed by atoms with Crippen molar-refractivity contribution in [3.8, 4) is 11.4 Å². The summed E-state index contributed by atoms with van der Waals surface area (Å²) in [7, 11) is 0. The molecule has 0 bridgehead atoms. The van der Waals surface area contributed by atoms with Gasteiger partial charge in [0.1, 0.15) is 11.4 Å². The van der Waals surface area contributed by atoms with Crippen LogP contribution in [-0.2, 0) is 18.9 Å². The highest BCUT2D eigenvalue weighted by Gasteiger charge is 2.37. The Hall–Kier alpha value is -4.30. The third-order valence-electron chi connectivity index (χ3n) is 6.09. The first-order valence-corrected chi connectivity index (χ1v) is 11.8. The number of alkyl halides is 6. The molecule has 1 aromatic carbocycles. The van der Waals surface area contributed by atoms with Gasteiger partial charge in [-0.3, -0.25) is 9.59 Å². The lowest BCUT2D eigenvalue weighted by atomic mass is 10.0. The van der Waals surface area contributed by atoms with Crippen LogP contribution in [0.15, 0.2) is 52.6 Å². The molecule has 3 heterocycles. The monoisotopic (exact) mass is 570 g/mol. The molecule has 4 aromatic rings. The third-order valence-corrected chi connectivity index (χ3v) is 6.09. The van der Waals surface area contributed by atoms with E-state index in [4.69, 9.17) is 0 Å². The minimum atomic E-state index is -4.89. The van der Waals surface area contributed by atoms with Gasteiger partial charge in [0.2, 0.25) is 0 Å². The summed E-state index contributed by atoms with van der Waals surface area (Å²) in [5, 5.41) is 8.15. The zero-order valence-corrected chi connectivity index (χ0v) is 20.9. The summed E-state index contributed by atoms with van der Waals surface area (Å²) in [6.45, 7) is 3.52. The van der Waals surface area contributed by atoms with Crippen LogP contribution < -0.4 is 16.4 Å². The van der Waals surface area contributed by atoms with Gasteiger partial charge in [0.05, 0.1) is 28.4 Å². The van der Waals surface area contributed by atoms with E-state index in [1.807, 2.05) is 0 Å². The first-order valence-electron chi connectivity index (χ1n) is 11.8. The van der Waals surface area contributed by atoms with Gasteiger partial charge in [-0.05, 0) is 42.8 Å². The van der Waals surface area contributed by atoms with Crippen molar-refractivity contribution < 1.29 is 30.7 Å². The van der Waals surface area contributed by atoms with Gasteiger partial charge in [-0.2, -0.15) is 31.4 Å². The van der Waals surface area contributed by atoms with Gasteiger partial charge in [-0.25, -0.2) is 19.5 Å². The average Bonchev–Trinajstić information content (AvgIpc) is 2.84. The van der Waals surface area contributed by atoms with E-state index in [2.05, 4.69) is 20.4 Å². The SMILES string of the molecule is C[C@H](C[C@@H](C)Nc1cn[nH]c(=O)c1C(F)(F)F)Cn1ccc2cc(-c3ncc(C(F)(F)F)cn3)c(F)cc2c1=O. The second-order valence-corrected chi connectivity index (χ2v) is 9.36. The number of aromatic nitrogens is 5. The summed E-state index contributed by atoms with van der Waals surface area (Å²) in [6.07, 6.45) is -5.84. The number of pyridine rings is 1. The largest absolute Gasteiger partial charge is 0.423 e. The van der Waals surface area contributed by atoms with Crippen molar-refractivity contribution in [1.82, 2.24) is 24.7 Å². The Kier molecular flexibility index (Phi) is 7.67. The van der Waals surface area contributed by atoms with Crippen molar-refractivity contribution in [2.45, 2.75) is 45.2 Å². The lowest BCUT2D eigenvalue weighted by Gasteiger charge is -2.22. The molecule has 0 fully saturated rings. The predicted octanol–water partition coefficient (Wildman–Crippen LogP) is 5.25. The molecule has 0 aliphatic rings. The van der Waals surface area contributed by atoms with E-state index in [0.717, 1.165) is 12.3 Å². The summed E-state index contributed by atoms with van der Waals surface area (Å²) in [6, 6.07) is 3.20. The predicted molar refractivity (Wildman–Crippen MR) is 131 cm³/mol. The second-order valence-electron chi connectivity index (χ2n) is 9.36. The van der Waals surface area contributed by atoms with Crippen molar-refractivity contribution in [1.29, 1.82) is 0 Å². The number of anilines is 1. The molecule has 2 N–H and O–H groups in total. The molecule has 2 atom stereocenters. The standard InChI is InChI=1S/C25H21F7N6O2/c1-12(5-13(2)36-19-10-35-37-22(39)20(19)25(30,31)32)11-38-4-3-14-6-17(18(26)7-16(14)23(38)40)21-33-8-15(9-34-21)24(27,28)29/h3-4,6-10,12-13H,5,11H2,1-2H3,(H2,36,37,39)/t12-,13-/m1/s1. The molecule has 40 heavy (non-hydrogen) atoms. The molecule has 15 heteroatoms. The molecule has 212 valence electrons. The lowest BCUT2D eigenvalue weighted by Crippen LogP contribution is -2.29. The minimum absolute atomic E-state index is 0.0124. The van der Waals surface area contributed by atoms with Crippen LogP contribution in [-0.4, -0.2) is 30.8 Å². The Labute approximate surface area is 220 Å². The van der Waals surface area contributed by atoms with E-state index >= 15 is 0 Å². The maximum atomic E-state index is 14.9. The number of nitrogens with zero attached hydrogens (tertiary/aromatic N) is 4. The number of nitrogens with one attached hydrogen (secondary N) is 2. The number of fused-ring (bicyclic) bond motifs is 1. The highest BCUT2D eigenvalue weighted by molar-refractivity contribution is 5.86. The summed E-state index contributed by atoms with van der Waals surface area (Å²) < 4.78 is 94.4. The Morgan fingerprint density at radius 2 is 1.68 bits per heavy atom. The van der Waals surface area contributed by atoms with Crippen LogP contribution in [0.4, 0.5) is 36.4 Å². The summed E-state index contributed by atoms with van der Waals surface area (Å²) in [5.74, 6) is -1.43. The number of rotatable bonds is 7. The quantitative estimate of drug-likeness (QED) is 0.295. The molecule has 0 aliphatic carbocycles. The van der Waals surface area contributed by atoms with Gasteiger partial charge in [0.15, 0.2) is 5.82 Å². The van der Waals surface area contributed by atoms with Crippen LogP contribution >= 0.6 is 0 Å². The average molecular weight is 570 g/mol. The van der Waals surface area contributed by atoms with E-state index < -0.39 is 52.1 Å². The van der Waals surface area contributed by atoms with Crippen molar-refractivity contribution in [2.75, 3.05) is 5.32 Å². The van der Waals surface area contributed by atoms with Crippen LogP contribution in [0.5, 0.6) is 0 Å². The Morgan fingerprint density at radius 3 is 2.30 bits per heavy atom. The van der Waals surface area contributed by atoms with Gasteiger partial charge >= 0.3 is 12.4 Å². The van der Waals surface area contributed by atoms with Crippen LogP contribution in [0.25, 0.3) is 22.2 Å². The Balaban J connectivity index is 1.51. The zero-order valence-electron chi connectivity index (χ0n) is 20.9. The number of halogens is 7. The normalized spacial score (nSPS) is 13.8. The lowest BCUT2D eigenvalue weighted by molar-refractivity contribution is -0.139. The van der Waals surface area contributed by atoms with Gasteiger partial charge in [-0.1, -0.05) is 6.92 Å². The van der Waals surface area contributed by atoms with Crippen LogP contribution in [0.2, 0.25) is 0 Å². The molecule has 0 saturated carbocycles. The third kappa shape index (κ3) is 6.13. The number of hydrogen-bond acceptors (Lipinski definition) is 6. The first kappa shape index (κ1) is 28.7. The molecule has 0 spiro atoms. The molecular weight excluding hydrogens is 549 g/mol. The molecule has 0 radical (unpaired) electrons. The van der Waals surface area contributed by atoms with E-state index in [9.17, 15) is 40.3 Å². The minimum Gasteiger partial charge on any atom is -0.381 e. The van der Waals surface area contributed by atoms with Crippen LogP contribution in [0.3, 0.4) is 0 Å². The van der Waals surface area contributed by atoms with Crippen molar-refractivity contribution in [3.05, 3.63) is 80.6 Å². The zero-order chi connectivity index (χ0) is 29.4. The highest BCUT2D eigenvalue weighted by atomic mass is 19.4. The maximum absolute atomic E-state index is 14.9. The van der Waals surface area contributed by atoms with E-state index in [1.165, 1.54) is 22.9 Å². The summed E-state index contributed by atoms with van der Waals surface area (Å²) in [5.41, 5.74) is -5.05. The number of hydrogen-bond donors (Lipinski definition) is 2. The van der Waals surface area contributed by atoms with Crippen LogP contribution in [0.1, 0.15) is 31.4 Å². The molecule has 0 amide bonds. The van der Waals surface area contributed by atoms with Gasteiger partial charge in [-0.15, -0.1) is 0 Å². The highest BCUT2D eigenvalue weighted by Crippen LogP contribution is 2.32. The number of aromatic amines is 1. The molecular formula is C25H21F7N6O2. The molecule has 3 aromatic heterocycles. The van der Waals surface area contributed by atoms with Gasteiger partial charge < -0.3 is 9.88 Å². The Morgan fingerprint density at radius 1 is 1.00 bits per heavy atom. The molecule has 4 rings (SSSR count). The number of benzene rings is 1. The number of H-pyrrole nitrogens is 1. The summed E-state index contributed by atoms with van der Waals surface area (Å²) >= 11 is 0. The fraction of sp³-hybridized carbons (Fsp3) is 0.320. The molecule has 0 aliphatic heterocycles. The topological polar surface area (TPSA) is 106 Å². The smallest absolute Gasteiger partial charge is 0.381 e. The fourth-order valence-electron chi connectivity index (χ4n) is 4.36. The molecule has 0 unspecified atom stereocenters. The fourth-order valence-corrected chi connectivity index (χ4v) is 4.36. The first-order chi connectivity index (χ1) is 18.6. The van der Waals surface area contributed by atoms with E-state index in [-0.39, 0.29) is 29.2 Å². The second kappa shape index (κ2) is 10.7. The molecule has 0 saturated heterocycles. The van der Waals surface area contributed by atoms with E-state index in [1.54, 1.807) is 18.9 Å². The van der Waals surface area contributed by atoms with Gasteiger partial charge in [0, 0.05) is 31.2 Å². The Bertz CT molecular complexity index is 1650. The van der Waals surface area contributed by atoms with Crippen molar-refractivity contribution in [2.24, 2.45) is 5.92 Å². The van der Waals surface area contributed by atoms with Gasteiger partial charge in [0.25, 0.3) is 11.1 Å². The van der Waals surface area contributed by atoms with E-state index in [0.29, 0.717) is 24.2 Å². The van der Waals surface area contributed by atoms with Crippen molar-refractivity contribution in [3.63, 3.8) is 0 Å². The maximum Gasteiger partial charge on any atom is 0.423 e. The van der Waals surface area contributed by atoms with Crippen molar-refractivity contribution >= 4 is 16.5 Å². The summed E-state index contributed by atoms with van der Waals surface area (Å²) in [4.78, 5) is 31.9. The van der Waals surface area contributed by atoms with Crippen LogP contribution in [0, 0.1) is 11.7 Å².